The molecule has 1 aliphatic carbocycles. The van der Waals surface area contributed by atoms with Crippen molar-refractivity contribution < 1.29 is 27.9 Å². The molecule has 1 fully saturated rings. The maximum Gasteiger partial charge on any atom is 0.425 e. The van der Waals surface area contributed by atoms with Gasteiger partial charge in [-0.2, -0.15) is 13.2 Å². The van der Waals surface area contributed by atoms with Crippen molar-refractivity contribution in [3.63, 3.8) is 0 Å². The lowest BCUT2D eigenvalue weighted by Gasteiger charge is -2.31. The van der Waals surface area contributed by atoms with Crippen molar-refractivity contribution in [1.29, 1.82) is 0 Å². The fourth-order valence-corrected chi connectivity index (χ4v) is 3.13. The summed E-state index contributed by atoms with van der Waals surface area (Å²) in [6.07, 6.45) is 0.942. The Morgan fingerprint density at radius 3 is 2.43 bits per heavy atom. The monoisotopic (exact) mass is 429 g/mol. The number of aliphatic imine (C=N–C) groups is 1. The Kier molecular flexibility index (Phi) is 8.11. The number of hydrogen-bond donors (Lipinski definition) is 1. The summed E-state index contributed by atoms with van der Waals surface area (Å²) in [6, 6.07) is 2.62. The van der Waals surface area contributed by atoms with Crippen LogP contribution < -0.4 is 4.74 Å². The number of alkyl halides is 3. The highest BCUT2D eigenvalue weighted by atomic mass is 19.4. The molecule has 1 unspecified atom stereocenters. The number of methoxy groups -OCH3 is 1. The third-order valence-corrected chi connectivity index (χ3v) is 5.22. The molecule has 30 heavy (non-hydrogen) atoms. The summed E-state index contributed by atoms with van der Waals surface area (Å²) < 4.78 is 47.0. The van der Waals surface area contributed by atoms with E-state index >= 15 is 0 Å². The Hall–Kier alpha value is -2.29. The van der Waals surface area contributed by atoms with E-state index in [1.54, 1.807) is 13.3 Å². The van der Waals surface area contributed by atoms with E-state index in [2.05, 4.69) is 10.1 Å². The van der Waals surface area contributed by atoms with Gasteiger partial charge in [0.1, 0.15) is 5.75 Å². The van der Waals surface area contributed by atoms with Gasteiger partial charge in [0.25, 0.3) is 0 Å². The zero-order chi connectivity index (χ0) is 22.4. The molecule has 0 aliphatic heterocycles. The van der Waals surface area contributed by atoms with Gasteiger partial charge in [0, 0.05) is 25.2 Å². The number of aliphatic hydroxyl groups is 1. The number of halogens is 3. The second-order valence-electron chi connectivity index (χ2n) is 7.51. The molecule has 0 spiro atoms. The van der Waals surface area contributed by atoms with E-state index in [0.29, 0.717) is 24.1 Å². The van der Waals surface area contributed by atoms with Gasteiger partial charge >= 0.3 is 6.18 Å². The van der Waals surface area contributed by atoms with Gasteiger partial charge in [0.05, 0.1) is 24.8 Å². The maximum atomic E-state index is 13.9. The molecule has 0 radical (unpaired) electrons. The Balaban J connectivity index is 2.38. The molecule has 0 amide bonds. The predicted octanol–water partition coefficient (Wildman–Crippen LogP) is 4.70. The van der Waals surface area contributed by atoms with E-state index in [9.17, 15) is 18.3 Å². The van der Waals surface area contributed by atoms with Crippen LogP contribution in [0.4, 0.5) is 18.9 Å². The van der Waals surface area contributed by atoms with Gasteiger partial charge in [-0.1, -0.05) is 11.6 Å². The van der Waals surface area contributed by atoms with Gasteiger partial charge in [0.2, 0.25) is 5.60 Å². The summed E-state index contributed by atoms with van der Waals surface area (Å²) in [5.74, 6) is -0.124. The van der Waals surface area contributed by atoms with E-state index in [1.807, 2.05) is 18.9 Å². The highest BCUT2D eigenvalue weighted by Crippen LogP contribution is 2.45. The van der Waals surface area contributed by atoms with Crippen molar-refractivity contribution in [2.24, 2.45) is 10.1 Å². The van der Waals surface area contributed by atoms with Gasteiger partial charge in [-0.25, -0.2) is 4.99 Å². The standard InChI is InChI=1S/C21H30F3N3O3/c1-5-27(3)14-25-18-12-19(29-4)17(11-15(18)2)20(28,21(22,23)24)13-30-26-16-9-7-6-8-10-16/h11-12,14,28H,5-10,13H2,1-4H3/b25-14+. The Morgan fingerprint density at radius 1 is 1.20 bits per heavy atom. The fraction of sp³-hybridized carbons (Fsp3) is 0.619. The molecule has 1 aromatic rings. The highest BCUT2D eigenvalue weighted by Gasteiger charge is 2.57. The zero-order valence-corrected chi connectivity index (χ0v) is 17.9. The SMILES string of the molecule is CCN(C)/C=N/c1cc(OC)c(C(O)(CON=C2CCCCC2)C(F)(F)F)cc1C. The number of benzene rings is 1. The molecule has 1 aromatic carbocycles. The lowest BCUT2D eigenvalue weighted by Crippen LogP contribution is -2.46. The second kappa shape index (κ2) is 10.1. The molecule has 1 atom stereocenters. The number of nitrogens with zero attached hydrogens (tertiary/aromatic N) is 3. The summed E-state index contributed by atoms with van der Waals surface area (Å²) in [6.45, 7) is 3.24. The highest BCUT2D eigenvalue weighted by molar-refractivity contribution is 5.84. The number of aryl methyl sites for hydroxylation is 1. The van der Waals surface area contributed by atoms with Crippen molar-refractivity contribution in [3.8, 4) is 5.75 Å². The van der Waals surface area contributed by atoms with Crippen LogP contribution >= 0.6 is 0 Å². The molecule has 1 N–H and O–H groups in total. The largest absolute Gasteiger partial charge is 0.496 e. The smallest absolute Gasteiger partial charge is 0.425 e. The minimum absolute atomic E-state index is 0.124. The van der Waals surface area contributed by atoms with Crippen LogP contribution in [0.5, 0.6) is 5.75 Å². The lowest BCUT2D eigenvalue weighted by molar-refractivity contribution is -0.282. The molecule has 2 rings (SSSR count). The van der Waals surface area contributed by atoms with Gasteiger partial charge in [0.15, 0.2) is 6.61 Å². The summed E-state index contributed by atoms with van der Waals surface area (Å²) in [7, 11) is 3.08. The summed E-state index contributed by atoms with van der Waals surface area (Å²) in [5, 5.41) is 14.5. The minimum Gasteiger partial charge on any atom is -0.496 e. The molecule has 168 valence electrons. The Morgan fingerprint density at radius 2 is 1.87 bits per heavy atom. The van der Waals surface area contributed by atoms with Crippen LogP contribution in [0, 0.1) is 6.92 Å². The van der Waals surface area contributed by atoms with Crippen LogP contribution in [0.3, 0.4) is 0 Å². The topological polar surface area (TPSA) is 66.7 Å². The average molecular weight is 429 g/mol. The normalized spacial score (nSPS) is 17.0. The minimum atomic E-state index is -4.99. The summed E-state index contributed by atoms with van der Waals surface area (Å²) >= 11 is 0. The van der Waals surface area contributed by atoms with Crippen LogP contribution in [-0.2, 0) is 10.4 Å². The van der Waals surface area contributed by atoms with Gasteiger partial charge in [-0.15, -0.1) is 0 Å². The van der Waals surface area contributed by atoms with Crippen molar-refractivity contribution in [3.05, 3.63) is 23.3 Å². The van der Waals surface area contributed by atoms with Gasteiger partial charge in [-0.05, 0) is 51.2 Å². The average Bonchev–Trinajstić information content (AvgIpc) is 2.72. The van der Waals surface area contributed by atoms with Crippen LogP contribution in [0.1, 0.15) is 50.2 Å². The third kappa shape index (κ3) is 5.65. The quantitative estimate of drug-likeness (QED) is 0.370. The molecule has 0 bridgehead atoms. The maximum absolute atomic E-state index is 13.9. The first kappa shape index (κ1) is 24.0. The molecule has 0 aromatic heterocycles. The molecule has 0 saturated heterocycles. The van der Waals surface area contributed by atoms with Crippen LogP contribution in [0.25, 0.3) is 0 Å². The first-order valence-electron chi connectivity index (χ1n) is 10.0. The van der Waals surface area contributed by atoms with E-state index < -0.39 is 23.9 Å². The van der Waals surface area contributed by atoms with E-state index in [-0.39, 0.29) is 5.75 Å². The summed E-state index contributed by atoms with van der Waals surface area (Å²) in [4.78, 5) is 11.1. The molecular weight excluding hydrogens is 399 g/mol. The molecule has 0 heterocycles. The Labute approximate surface area is 175 Å². The van der Waals surface area contributed by atoms with E-state index in [1.165, 1.54) is 19.2 Å². The van der Waals surface area contributed by atoms with E-state index in [4.69, 9.17) is 9.57 Å². The number of ether oxygens (including phenoxy) is 1. The van der Waals surface area contributed by atoms with Gasteiger partial charge in [-0.3, -0.25) is 0 Å². The van der Waals surface area contributed by atoms with Crippen LogP contribution in [0.2, 0.25) is 0 Å². The van der Waals surface area contributed by atoms with E-state index in [0.717, 1.165) is 31.5 Å². The summed E-state index contributed by atoms with van der Waals surface area (Å²) in [5.41, 5.74) is -2.07. The number of hydrogen-bond acceptors (Lipinski definition) is 5. The number of rotatable bonds is 8. The number of oxime groups is 1. The zero-order valence-electron chi connectivity index (χ0n) is 17.9. The molecule has 1 saturated carbocycles. The fourth-order valence-electron chi connectivity index (χ4n) is 3.13. The first-order valence-corrected chi connectivity index (χ1v) is 10.0. The van der Waals surface area contributed by atoms with Crippen molar-refractivity contribution >= 4 is 17.7 Å². The van der Waals surface area contributed by atoms with Gasteiger partial charge < -0.3 is 19.6 Å². The lowest BCUT2D eigenvalue weighted by atomic mass is 9.91. The Bertz CT molecular complexity index is 773. The second-order valence-corrected chi connectivity index (χ2v) is 7.51. The van der Waals surface area contributed by atoms with Crippen LogP contribution in [0.15, 0.2) is 22.3 Å². The van der Waals surface area contributed by atoms with Crippen LogP contribution in [-0.4, -0.2) is 55.5 Å². The van der Waals surface area contributed by atoms with Crippen molar-refractivity contribution in [2.75, 3.05) is 27.3 Å². The molecule has 9 heteroatoms. The van der Waals surface area contributed by atoms with Crippen molar-refractivity contribution in [2.45, 2.75) is 57.7 Å². The van der Waals surface area contributed by atoms with Crippen molar-refractivity contribution in [1.82, 2.24) is 4.90 Å². The first-order chi connectivity index (χ1) is 14.1. The molecule has 6 nitrogen and oxygen atoms in total. The third-order valence-electron chi connectivity index (χ3n) is 5.22. The molecular formula is C21H30F3N3O3. The predicted molar refractivity (Wildman–Crippen MR) is 111 cm³/mol. The molecule has 1 aliphatic rings.